The Balaban J connectivity index is 0.000000490. The van der Waals surface area contributed by atoms with E-state index in [4.69, 9.17) is 0 Å². The van der Waals surface area contributed by atoms with Crippen molar-refractivity contribution < 1.29 is 31.1 Å². The minimum atomic E-state index is 0. The molecule has 0 aliphatic heterocycles. The molecule has 2 heteroatoms. The first kappa shape index (κ1) is 8.20. The van der Waals surface area contributed by atoms with Crippen molar-refractivity contribution in [3.8, 4) is 0 Å². The van der Waals surface area contributed by atoms with Gasteiger partial charge in [-0.05, 0) is 0 Å². The smallest absolute Gasteiger partial charge is 0 e. The van der Waals surface area contributed by atoms with Crippen LogP contribution in [0.1, 0.15) is 5.56 Å². The molecule has 0 atom stereocenters. The van der Waals surface area contributed by atoms with Crippen molar-refractivity contribution >= 4 is 0 Å². The molecule has 0 saturated heterocycles. The van der Waals surface area contributed by atoms with Gasteiger partial charge < -0.3 is 4.98 Å². The van der Waals surface area contributed by atoms with Crippen LogP contribution in [0.15, 0.2) is 18.3 Å². The summed E-state index contributed by atoms with van der Waals surface area (Å²) >= 11 is 0. The van der Waals surface area contributed by atoms with Crippen LogP contribution in [-0.2, 0) is 0 Å². The molecule has 0 spiro atoms. The van der Waals surface area contributed by atoms with E-state index < -0.39 is 0 Å². The predicted molar refractivity (Wildman–Crippen MR) is 27.8 cm³/mol. The van der Waals surface area contributed by atoms with Crippen LogP contribution in [0.2, 0.25) is 0 Å². The SMILES string of the molecule is Cc1cc[c-]nc1.[U]. The molecule has 0 unspecified atom stereocenters. The summed E-state index contributed by atoms with van der Waals surface area (Å²) in [5.41, 5.74) is 1.18. The zero-order chi connectivity index (χ0) is 5.11. The van der Waals surface area contributed by atoms with Crippen LogP contribution in [0.25, 0.3) is 0 Å². The third kappa shape index (κ3) is 2.49. The average molecular weight is 330 g/mol. The first-order valence-corrected chi connectivity index (χ1v) is 2.18. The molecule has 40 valence electrons. The third-order valence-corrected chi connectivity index (χ3v) is 0.763. The topological polar surface area (TPSA) is 12.9 Å². The molecule has 1 aromatic rings. The van der Waals surface area contributed by atoms with E-state index >= 15 is 0 Å². The van der Waals surface area contributed by atoms with Gasteiger partial charge >= 0.3 is 0 Å². The van der Waals surface area contributed by atoms with E-state index in [1.54, 1.807) is 12.3 Å². The van der Waals surface area contributed by atoms with E-state index in [0.29, 0.717) is 0 Å². The van der Waals surface area contributed by atoms with Crippen LogP contribution >= 0.6 is 0 Å². The zero-order valence-corrected chi connectivity index (χ0v) is 8.84. The summed E-state index contributed by atoms with van der Waals surface area (Å²) in [5.74, 6) is 0. The Morgan fingerprint density at radius 3 is 2.62 bits per heavy atom. The van der Waals surface area contributed by atoms with Crippen LogP contribution in [-0.4, -0.2) is 4.98 Å². The largest absolute Gasteiger partial charge is 0.394 e. The van der Waals surface area contributed by atoms with E-state index in [1.807, 2.05) is 13.0 Å². The fourth-order valence-corrected chi connectivity index (χ4v) is 0.394. The molecule has 0 aliphatic carbocycles. The number of hydrogen-bond acceptors (Lipinski definition) is 1. The van der Waals surface area contributed by atoms with Gasteiger partial charge in [-0.3, -0.25) is 0 Å². The van der Waals surface area contributed by atoms with E-state index in [2.05, 4.69) is 11.2 Å². The second kappa shape index (κ2) is 4.12. The van der Waals surface area contributed by atoms with Crippen molar-refractivity contribution in [3.63, 3.8) is 0 Å². The number of aryl methyl sites for hydroxylation is 1. The van der Waals surface area contributed by atoms with Crippen LogP contribution in [0.4, 0.5) is 0 Å². The third-order valence-electron chi connectivity index (χ3n) is 0.763. The molecule has 0 N–H and O–H groups in total. The Kier molecular flexibility index (Phi) is 4.22. The molecule has 0 radical (unpaired) electrons. The van der Waals surface area contributed by atoms with Gasteiger partial charge in [0.05, 0.1) is 0 Å². The van der Waals surface area contributed by atoms with Gasteiger partial charge in [-0.15, -0.1) is 5.56 Å². The molecular formula is C6H6NU-. The van der Waals surface area contributed by atoms with Crippen LogP contribution < -0.4 is 0 Å². The van der Waals surface area contributed by atoms with Gasteiger partial charge in [0.2, 0.25) is 0 Å². The number of rotatable bonds is 0. The molecule has 0 bridgehead atoms. The molecule has 1 aromatic heterocycles. The maximum absolute atomic E-state index is 3.76. The van der Waals surface area contributed by atoms with Gasteiger partial charge in [0.15, 0.2) is 0 Å². The summed E-state index contributed by atoms with van der Waals surface area (Å²) < 4.78 is 0. The van der Waals surface area contributed by atoms with Crippen molar-refractivity contribution in [1.82, 2.24) is 4.98 Å². The van der Waals surface area contributed by atoms with E-state index in [0.717, 1.165) is 0 Å². The van der Waals surface area contributed by atoms with Crippen molar-refractivity contribution in [2.75, 3.05) is 0 Å². The number of hydrogen-bond donors (Lipinski definition) is 0. The summed E-state index contributed by atoms with van der Waals surface area (Å²) in [6.45, 7) is 2.00. The molecule has 0 saturated carbocycles. The van der Waals surface area contributed by atoms with Crippen molar-refractivity contribution in [2.45, 2.75) is 6.92 Å². The normalized spacial score (nSPS) is 7.62. The van der Waals surface area contributed by atoms with E-state index in [9.17, 15) is 0 Å². The number of aromatic nitrogens is 1. The zero-order valence-electron chi connectivity index (χ0n) is 4.68. The van der Waals surface area contributed by atoms with E-state index in [-0.39, 0.29) is 31.1 Å². The molecule has 1 nitrogen and oxygen atoms in total. The fourth-order valence-electron chi connectivity index (χ4n) is 0.394. The van der Waals surface area contributed by atoms with Gasteiger partial charge in [0, 0.05) is 31.1 Å². The number of nitrogens with zero attached hydrogens (tertiary/aromatic N) is 1. The van der Waals surface area contributed by atoms with Gasteiger partial charge in [-0.1, -0.05) is 19.3 Å². The second-order valence-corrected chi connectivity index (χ2v) is 1.46. The molecule has 0 aromatic carbocycles. The first-order valence-electron chi connectivity index (χ1n) is 2.18. The Labute approximate surface area is 72.9 Å². The first-order chi connectivity index (χ1) is 3.39. The summed E-state index contributed by atoms with van der Waals surface area (Å²) in [5, 5.41) is 0. The Bertz CT molecular complexity index is 138. The standard InChI is InChI=1S/C6H6N.U/c1-6-3-2-4-7-5-6;/h2-3,5H,1H3;/q-1;. The fraction of sp³-hybridized carbons (Fsp3) is 0.167. The predicted octanol–water partition coefficient (Wildman–Crippen LogP) is 1.19. The van der Waals surface area contributed by atoms with Crippen LogP contribution in [0.3, 0.4) is 0 Å². The quantitative estimate of drug-likeness (QED) is 0.652. The molecular weight excluding hydrogens is 324 g/mol. The van der Waals surface area contributed by atoms with Gasteiger partial charge in [-0.25, -0.2) is 0 Å². The van der Waals surface area contributed by atoms with Crippen molar-refractivity contribution in [3.05, 3.63) is 30.1 Å². The van der Waals surface area contributed by atoms with E-state index in [1.165, 1.54) is 5.56 Å². The number of pyridine rings is 1. The van der Waals surface area contributed by atoms with Gasteiger partial charge in [0.1, 0.15) is 0 Å². The summed E-state index contributed by atoms with van der Waals surface area (Å²) in [4.78, 5) is 3.76. The maximum Gasteiger partial charge on any atom is 0 e. The summed E-state index contributed by atoms with van der Waals surface area (Å²) in [6, 6.07) is 3.77. The Morgan fingerprint density at radius 2 is 2.38 bits per heavy atom. The molecule has 0 amide bonds. The molecule has 8 heavy (non-hydrogen) atoms. The van der Waals surface area contributed by atoms with Crippen LogP contribution in [0.5, 0.6) is 0 Å². The monoisotopic (exact) mass is 330 g/mol. The maximum atomic E-state index is 3.76. The summed E-state index contributed by atoms with van der Waals surface area (Å²) in [6.07, 6.45) is 4.46. The molecule has 0 fully saturated rings. The minimum absolute atomic E-state index is 0. The second-order valence-electron chi connectivity index (χ2n) is 1.46. The summed E-state index contributed by atoms with van der Waals surface area (Å²) in [7, 11) is 0. The van der Waals surface area contributed by atoms with Crippen LogP contribution in [0, 0.1) is 44.2 Å². The minimum Gasteiger partial charge on any atom is -0.394 e. The molecule has 1 heterocycles. The van der Waals surface area contributed by atoms with Gasteiger partial charge in [0.25, 0.3) is 0 Å². The van der Waals surface area contributed by atoms with Crippen molar-refractivity contribution in [1.29, 1.82) is 0 Å². The molecule has 0 aliphatic rings. The average Bonchev–Trinajstić information content (AvgIpc) is 1.69. The Morgan fingerprint density at radius 1 is 1.62 bits per heavy atom. The molecule has 1 rings (SSSR count). The van der Waals surface area contributed by atoms with Gasteiger partial charge in [-0.2, -0.15) is 12.1 Å². The Hall–Kier alpha value is 0.202. The van der Waals surface area contributed by atoms with Crippen molar-refractivity contribution in [2.24, 2.45) is 0 Å².